The van der Waals surface area contributed by atoms with Gasteiger partial charge in [-0.2, -0.15) is 5.10 Å². The molecule has 3 rings (SSSR count). The Morgan fingerprint density at radius 3 is 2.61 bits per heavy atom. The monoisotopic (exact) mass is 396 g/mol. The second kappa shape index (κ2) is 8.71. The number of carbonyl (C=O) groups excluding carboxylic acids is 1. The number of aryl methyl sites for hydroxylation is 2. The van der Waals surface area contributed by atoms with Crippen LogP contribution in [-0.2, 0) is 11.4 Å². The van der Waals surface area contributed by atoms with Crippen LogP contribution in [0, 0.1) is 6.92 Å². The number of hydrogen-bond donors (Lipinski definition) is 1. The van der Waals surface area contributed by atoms with Gasteiger partial charge in [-0.05, 0) is 31.0 Å². The predicted octanol–water partition coefficient (Wildman–Crippen LogP) is 4.76. The number of hydrogen-bond acceptors (Lipinski definition) is 4. The number of amides is 1. The first-order valence-electron chi connectivity index (χ1n) is 8.85. The number of halogens is 1. The van der Waals surface area contributed by atoms with Crippen molar-refractivity contribution in [1.29, 1.82) is 0 Å². The highest BCUT2D eigenvalue weighted by molar-refractivity contribution is 6.33. The SMILES string of the molecule is CCn1nc(C)c(C(=O)Nc2ccccc2-c2ccc(/C=N/OC)cc2)c1Cl. The van der Waals surface area contributed by atoms with Gasteiger partial charge in [-0.3, -0.25) is 9.48 Å². The van der Waals surface area contributed by atoms with Crippen molar-refractivity contribution in [3.05, 3.63) is 70.5 Å². The molecule has 6 nitrogen and oxygen atoms in total. The van der Waals surface area contributed by atoms with Crippen molar-refractivity contribution in [3.8, 4) is 11.1 Å². The van der Waals surface area contributed by atoms with Crippen LogP contribution in [0.5, 0.6) is 0 Å². The highest BCUT2D eigenvalue weighted by Crippen LogP contribution is 2.29. The van der Waals surface area contributed by atoms with Gasteiger partial charge in [0.15, 0.2) is 0 Å². The number of aromatic nitrogens is 2. The van der Waals surface area contributed by atoms with Gasteiger partial charge in [-0.1, -0.05) is 59.2 Å². The van der Waals surface area contributed by atoms with Crippen molar-refractivity contribution in [1.82, 2.24) is 9.78 Å². The van der Waals surface area contributed by atoms with Crippen molar-refractivity contribution < 1.29 is 9.63 Å². The molecule has 0 aliphatic rings. The normalized spacial score (nSPS) is 11.0. The Labute approximate surface area is 168 Å². The van der Waals surface area contributed by atoms with Gasteiger partial charge in [0, 0.05) is 17.8 Å². The molecule has 0 aliphatic heterocycles. The fourth-order valence-corrected chi connectivity index (χ4v) is 3.29. The van der Waals surface area contributed by atoms with Gasteiger partial charge in [0.1, 0.15) is 12.3 Å². The van der Waals surface area contributed by atoms with E-state index in [1.165, 1.54) is 7.11 Å². The standard InChI is InChI=1S/C21H21ClN4O2/c1-4-26-20(22)19(14(2)25-26)21(27)24-18-8-6-5-7-17(18)16-11-9-15(10-12-16)13-23-28-3/h5-13H,4H2,1-3H3,(H,24,27)/b23-13+. The van der Waals surface area contributed by atoms with Gasteiger partial charge in [0.25, 0.3) is 5.91 Å². The molecule has 0 fully saturated rings. The lowest BCUT2D eigenvalue weighted by Crippen LogP contribution is -2.14. The third kappa shape index (κ3) is 4.07. The minimum atomic E-state index is -0.279. The molecule has 0 bridgehead atoms. The Hall–Kier alpha value is -3.12. The highest BCUT2D eigenvalue weighted by atomic mass is 35.5. The van der Waals surface area contributed by atoms with Gasteiger partial charge in [-0.25, -0.2) is 0 Å². The second-order valence-corrected chi connectivity index (χ2v) is 6.46. The zero-order valence-corrected chi connectivity index (χ0v) is 16.7. The summed E-state index contributed by atoms with van der Waals surface area (Å²) in [7, 11) is 1.50. The lowest BCUT2D eigenvalue weighted by Gasteiger charge is -2.11. The number of carbonyl (C=O) groups is 1. The van der Waals surface area contributed by atoms with Crippen molar-refractivity contribution in [2.24, 2.45) is 5.16 Å². The van der Waals surface area contributed by atoms with Crippen molar-refractivity contribution in [2.45, 2.75) is 20.4 Å². The zero-order chi connectivity index (χ0) is 20.1. The van der Waals surface area contributed by atoms with Crippen LogP contribution in [0.2, 0.25) is 5.15 Å². The van der Waals surface area contributed by atoms with Gasteiger partial charge < -0.3 is 10.2 Å². The molecule has 0 unspecified atom stereocenters. The van der Waals surface area contributed by atoms with Crippen molar-refractivity contribution in [2.75, 3.05) is 12.4 Å². The molecular formula is C21H21ClN4O2. The summed E-state index contributed by atoms with van der Waals surface area (Å²) in [5, 5.41) is 11.4. The number of nitrogens with one attached hydrogen (secondary N) is 1. The van der Waals surface area contributed by atoms with Gasteiger partial charge >= 0.3 is 0 Å². The van der Waals surface area contributed by atoms with Crippen LogP contribution in [0.3, 0.4) is 0 Å². The van der Waals surface area contributed by atoms with Gasteiger partial charge in [0.05, 0.1) is 17.5 Å². The quantitative estimate of drug-likeness (QED) is 0.482. The van der Waals surface area contributed by atoms with E-state index in [0.29, 0.717) is 28.6 Å². The average molecular weight is 397 g/mol. The maximum Gasteiger partial charge on any atom is 0.260 e. The van der Waals surface area contributed by atoms with Crippen LogP contribution in [0.4, 0.5) is 5.69 Å². The summed E-state index contributed by atoms with van der Waals surface area (Å²) in [4.78, 5) is 17.6. The van der Waals surface area contributed by atoms with Crippen LogP contribution in [-0.4, -0.2) is 29.0 Å². The fraction of sp³-hybridized carbons (Fsp3) is 0.190. The fourth-order valence-electron chi connectivity index (χ4n) is 2.91. The number of para-hydroxylation sites is 1. The molecule has 0 aliphatic carbocycles. The molecule has 1 N–H and O–H groups in total. The summed E-state index contributed by atoms with van der Waals surface area (Å²) >= 11 is 6.32. The maximum absolute atomic E-state index is 12.9. The van der Waals surface area contributed by atoms with Gasteiger partial charge in [0.2, 0.25) is 0 Å². The minimum Gasteiger partial charge on any atom is -0.399 e. The maximum atomic E-state index is 12.9. The molecule has 1 heterocycles. The van der Waals surface area contributed by atoms with Crippen molar-refractivity contribution >= 4 is 29.4 Å². The number of nitrogens with zero attached hydrogens (tertiary/aromatic N) is 3. The van der Waals surface area contributed by atoms with Crippen LogP contribution < -0.4 is 5.32 Å². The molecule has 1 aromatic heterocycles. The Morgan fingerprint density at radius 2 is 1.96 bits per heavy atom. The number of anilines is 1. The summed E-state index contributed by atoms with van der Waals surface area (Å²) in [6.07, 6.45) is 1.63. The third-order valence-corrected chi connectivity index (χ3v) is 4.68. The predicted molar refractivity (Wildman–Crippen MR) is 112 cm³/mol. The first kappa shape index (κ1) is 19.6. The molecule has 0 radical (unpaired) electrons. The Morgan fingerprint density at radius 1 is 1.25 bits per heavy atom. The molecule has 1 amide bonds. The Kier molecular flexibility index (Phi) is 6.11. The van der Waals surface area contributed by atoms with Gasteiger partial charge in [-0.15, -0.1) is 0 Å². The Bertz CT molecular complexity index is 1010. The number of rotatable bonds is 6. The highest BCUT2D eigenvalue weighted by Gasteiger charge is 2.20. The molecule has 28 heavy (non-hydrogen) atoms. The molecular weight excluding hydrogens is 376 g/mol. The van der Waals surface area contributed by atoms with E-state index < -0.39 is 0 Å². The topological polar surface area (TPSA) is 68.5 Å². The summed E-state index contributed by atoms with van der Waals surface area (Å²) < 4.78 is 1.61. The van der Waals surface area contributed by atoms with Crippen LogP contribution in [0.1, 0.15) is 28.5 Å². The average Bonchev–Trinajstić information content (AvgIpc) is 3.00. The smallest absolute Gasteiger partial charge is 0.260 e. The largest absolute Gasteiger partial charge is 0.399 e. The van der Waals surface area contributed by atoms with Crippen LogP contribution in [0.15, 0.2) is 53.7 Å². The molecule has 2 aromatic carbocycles. The molecule has 0 atom stereocenters. The second-order valence-electron chi connectivity index (χ2n) is 6.11. The molecule has 7 heteroatoms. The molecule has 144 valence electrons. The van der Waals surface area contributed by atoms with Crippen LogP contribution in [0.25, 0.3) is 11.1 Å². The van der Waals surface area contributed by atoms with E-state index in [0.717, 1.165) is 16.7 Å². The summed E-state index contributed by atoms with van der Waals surface area (Å²) in [5.74, 6) is -0.279. The summed E-state index contributed by atoms with van der Waals surface area (Å²) in [6.45, 7) is 4.30. The summed E-state index contributed by atoms with van der Waals surface area (Å²) in [5.41, 5.74) is 4.49. The zero-order valence-electron chi connectivity index (χ0n) is 15.9. The first-order chi connectivity index (χ1) is 13.5. The molecule has 0 spiro atoms. The van der Waals surface area contributed by atoms with E-state index in [-0.39, 0.29) is 5.91 Å². The van der Waals surface area contributed by atoms with E-state index in [1.807, 2.05) is 55.5 Å². The third-order valence-electron chi connectivity index (χ3n) is 4.30. The Balaban J connectivity index is 1.90. The van der Waals surface area contributed by atoms with E-state index in [1.54, 1.807) is 17.8 Å². The molecule has 0 saturated carbocycles. The number of benzene rings is 2. The first-order valence-corrected chi connectivity index (χ1v) is 9.23. The minimum absolute atomic E-state index is 0.279. The van der Waals surface area contributed by atoms with E-state index in [2.05, 4.69) is 15.6 Å². The van der Waals surface area contributed by atoms with E-state index in [9.17, 15) is 4.79 Å². The lowest BCUT2D eigenvalue weighted by atomic mass is 10.0. The van der Waals surface area contributed by atoms with E-state index in [4.69, 9.17) is 16.4 Å². The number of oxime groups is 1. The van der Waals surface area contributed by atoms with Crippen molar-refractivity contribution in [3.63, 3.8) is 0 Å². The molecule has 3 aromatic rings. The van der Waals surface area contributed by atoms with Crippen LogP contribution >= 0.6 is 11.6 Å². The summed E-state index contributed by atoms with van der Waals surface area (Å²) in [6, 6.07) is 15.4. The molecule has 0 saturated heterocycles. The lowest BCUT2D eigenvalue weighted by molar-refractivity contribution is 0.102. The van der Waals surface area contributed by atoms with E-state index >= 15 is 0 Å².